The highest BCUT2D eigenvalue weighted by Gasteiger charge is 2.34. The van der Waals surface area contributed by atoms with Crippen LogP contribution in [0, 0.1) is 0 Å². The van der Waals surface area contributed by atoms with Crippen molar-refractivity contribution in [2.75, 3.05) is 0 Å². The number of allylic oxidation sites excluding steroid dienone is 2. The smallest absolute Gasteiger partial charge is 0.0735 e. The van der Waals surface area contributed by atoms with E-state index in [9.17, 15) is 0 Å². The van der Waals surface area contributed by atoms with Crippen LogP contribution in [0.5, 0.6) is 0 Å². The van der Waals surface area contributed by atoms with Crippen LogP contribution in [0.4, 0.5) is 0 Å². The zero-order chi connectivity index (χ0) is 7.94. The maximum atomic E-state index is 2.51. The summed E-state index contributed by atoms with van der Waals surface area (Å²) in [6.07, 6.45) is 0. The molecule has 0 nitrogen and oxygen atoms in total. The first-order valence-corrected chi connectivity index (χ1v) is 9.37. The lowest BCUT2D eigenvalue weighted by molar-refractivity contribution is 1.48. The van der Waals surface area contributed by atoms with Gasteiger partial charge in [-0.1, -0.05) is 35.7 Å². The molecular formula is C8H17Si2. The summed E-state index contributed by atoms with van der Waals surface area (Å²) in [7, 11) is -0.893. The fourth-order valence-electron chi connectivity index (χ4n) is 1.76. The maximum Gasteiger partial charge on any atom is 0.0735 e. The fourth-order valence-corrected chi connectivity index (χ4v) is 12.5. The van der Waals surface area contributed by atoms with Crippen LogP contribution in [0.2, 0.25) is 25.3 Å². The van der Waals surface area contributed by atoms with E-state index in [2.05, 4.69) is 33.5 Å². The molecule has 57 valence electrons. The van der Waals surface area contributed by atoms with Gasteiger partial charge in [0.15, 0.2) is 0 Å². The van der Waals surface area contributed by atoms with Crippen molar-refractivity contribution in [3.05, 3.63) is 10.4 Å². The van der Waals surface area contributed by atoms with E-state index in [4.69, 9.17) is 0 Å². The van der Waals surface area contributed by atoms with E-state index in [1.807, 2.05) is 0 Å². The molecule has 0 aromatic rings. The van der Waals surface area contributed by atoms with E-state index in [0.717, 1.165) is 0 Å². The molecule has 1 aliphatic heterocycles. The van der Waals surface area contributed by atoms with Crippen molar-refractivity contribution in [3.63, 3.8) is 0 Å². The Hall–Kier alpha value is 0.174. The Bertz CT molecular complexity index is 180. The third-order valence-corrected chi connectivity index (χ3v) is 12.9. The maximum absolute atomic E-state index is 2.51. The Kier molecular flexibility index (Phi) is 1.94. The minimum absolute atomic E-state index is 0.0486. The summed E-state index contributed by atoms with van der Waals surface area (Å²) in [4.78, 5) is 0. The second-order valence-electron chi connectivity index (χ2n) is 4.09. The molecule has 1 aliphatic rings. The lowest BCUT2D eigenvalue weighted by Gasteiger charge is -2.16. The van der Waals surface area contributed by atoms with Crippen LogP contribution >= 0.6 is 0 Å². The Labute approximate surface area is 67.0 Å². The Balaban J connectivity index is 2.95. The predicted octanol–water partition coefficient (Wildman–Crippen LogP) is 2.79. The molecule has 0 amide bonds. The molecule has 1 radical (unpaired) electrons. The number of hydrogen-bond acceptors (Lipinski definition) is 0. The summed E-state index contributed by atoms with van der Waals surface area (Å²) < 4.78 is 0. The summed E-state index contributed by atoms with van der Waals surface area (Å²) in [5, 5.41) is 3.57. The van der Waals surface area contributed by atoms with Gasteiger partial charge in [-0.05, 0) is 13.8 Å². The molecule has 0 aliphatic carbocycles. The third kappa shape index (κ3) is 1.14. The van der Waals surface area contributed by atoms with E-state index in [0.29, 0.717) is 0 Å². The molecule has 1 heterocycles. The molecule has 0 saturated heterocycles. The van der Waals surface area contributed by atoms with E-state index in [1.54, 1.807) is 16.1 Å². The van der Waals surface area contributed by atoms with Crippen LogP contribution in [0.25, 0.3) is 0 Å². The fraction of sp³-hybridized carbons (Fsp3) is 0.750. The largest absolute Gasteiger partial charge is 0.0909 e. The molecule has 2 heteroatoms. The molecule has 10 heavy (non-hydrogen) atoms. The highest BCUT2D eigenvalue weighted by molar-refractivity contribution is 6.99. The van der Waals surface area contributed by atoms with Crippen LogP contribution in [0.3, 0.4) is 0 Å². The third-order valence-electron chi connectivity index (χ3n) is 2.92. The molecule has 0 saturated carbocycles. The summed E-state index contributed by atoms with van der Waals surface area (Å²) in [5.74, 6) is 0. The van der Waals surface area contributed by atoms with E-state index in [-0.39, 0.29) is 8.80 Å². The van der Waals surface area contributed by atoms with Gasteiger partial charge in [0.05, 0.1) is 16.9 Å². The number of rotatable bonds is 0. The topological polar surface area (TPSA) is 0 Å². The van der Waals surface area contributed by atoms with Gasteiger partial charge in [-0.15, -0.1) is 0 Å². The van der Waals surface area contributed by atoms with E-state index < -0.39 is 8.07 Å². The van der Waals surface area contributed by atoms with E-state index in [1.165, 1.54) is 0 Å². The second kappa shape index (κ2) is 2.34. The molecule has 0 spiro atoms. The van der Waals surface area contributed by atoms with Crippen molar-refractivity contribution in [1.29, 1.82) is 0 Å². The quantitative estimate of drug-likeness (QED) is 0.489. The average Bonchev–Trinajstić information content (AvgIpc) is 1.95. The van der Waals surface area contributed by atoms with Gasteiger partial charge >= 0.3 is 0 Å². The Morgan fingerprint density at radius 3 is 1.90 bits per heavy atom. The van der Waals surface area contributed by atoms with Crippen LogP contribution in [-0.4, -0.2) is 16.9 Å². The van der Waals surface area contributed by atoms with Crippen LogP contribution < -0.4 is 0 Å². The SMILES string of the molecule is CC1=C(C)[Si](C)(C)C[Si]1C. The summed E-state index contributed by atoms with van der Waals surface area (Å²) in [6.45, 7) is 12.2. The molecule has 0 fully saturated rings. The first kappa shape index (κ1) is 8.27. The Morgan fingerprint density at radius 2 is 1.80 bits per heavy atom. The van der Waals surface area contributed by atoms with Crippen molar-refractivity contribution in [3.8, 4) is 0 Å². The molecule has 0 unspecified atom stereocenters. The van der Waals surface area contributed by atoms with Crippen LogP contribution in [0.1, 0.15) is 13.8 Å². The molecule has 0 N–H and O–H groups in total. The minimum Gasteiger partial charge on any atom is -0.0909 e. The molecule has 0 atom stereocenters. The molecule has 0 aromatic heterocycles. The monoisotopic (exact) mass is 169 g/mol. The van der Waals surface area contributed by atoms with Gasteiger partial charge < -0.3 is 0 Å². The minimum atomic E-state index is -0.845. The van der Waals surface area contributed by atoms with Gasteiger partial charge in [0.2, 0.25) is 0 Å². The lowest BCUT2D eigenvalue weighted by atomic mass is 10.6. The molecule has 1 rings (SSSR count). The van der Waals surface area contributed by atoms with Gasteiger partial charge in [0, 0.05) is 0 Å². The van der Waals surface area contributed by atoms with Gasteiger partial charge in [-0.2, -0.15) is 0 Å². The van der Waals surface area contributed by atoms with Gasteiger partial charge in [0.25, 0.3) is 0 Å². The highest BCUT2D eigenvalue weighted by Crippen LogP contribution is 2.33. The average molecular weight is 169 g/mol. The molecule has 0 aromatic carbocycles. The van der Waals surface area contributed by atoms with Crippen LogP contribution in [-0.2, 0) is 0 Å². The molecule has 0 bridgehead atoms. The van der Waals surface area contributed by atoms with Gasteiger partial charge in [0.1, 0.15) is 0 Å². The van der Waals surface area contributed by atoms with Crippen molar-refractivity contribution < 1.29 is 0 Å². The van der Waals surface area contributed by atoms with Crippen molar-refractivity contribution in [2.24, 2.45) is 0 Å². The Morgan fingerprint density at radius 1 is 1.30 bits per heavy atom. The van der Waals surface area contributed by atoms with Gasteiger partial charge in [-0.3, -0.25) is 0 Å². The van der Waals surface area contributed by atoms with Gasteiger partial charge in [-0.25, -0.2) is 0 Å². The molecular weight excluding hydrogens is 152 g/mol. The van der Waals surface area contributed by atoms with Crippen molar-refractivity contribution in [2.45, 2.75) is 39.2 Å². The standard InChI is InChI=1S/C8H17Si2/c1-7-8(2)10(4,5)6-9(7)3/h6H2,1-5H3. The number of hydrogen-bond donors (Lipinski definition) is 0. The van der Waals surface area contributed by atoms with Crippen LogP contribution in [0.15, 0.2) is 10.4 Å². The zero-order valence-corrected chi connectivity index (χ0v) is 9.71. The van der Waals surface area contributed by atoms with E-state index >= 15 is 0 Å². The summed E-state index contributed by atoms with van der Waals surface area (Å²) >= 11 is 0. The first-order valence-electron chi connectivity index (χ1n) is 3.96. The highest BCUT2D eigenvalue weighted by atomic mass is 28.4. The lowest BCUT2D eigenvalue weighted by Crippen LogP contribution is -2.25. The van der Waals surface area contributed by atoms with Crippen molar-refractivity contribution in [1.82, 2.24) is 0 Å². The normalized spacial score (nSPS) is 26.1. The van der Waals surface area contributed by atoms with Crippen molar-refractivity contribution >= 4 is 16.9 Å². The first-order chi connectivity index (χ1) is 4.45. The summed E-state index contributed by atoms with van der Waals surface area (Å²) in [5.41, 5.74) is 1.58. The summed E-state index contributed by atoms with van der Waals surface area (Å²) in [6, 6.07) is 0. The predicted molar refractivity (Wildman–Crippen MR) is 52.3 cm³/mol. The zero-order valence-electron chi connectivity index (χ0n) is 7.71. The second-order valence-corrected chi connectivity index (χ2v) is 12.3.